The second kappa shape index (κ2) is 8.84. The zero-order valence-electron chi connectivity index (χ0n) is 10.0. The molecule has 0 saturated carbocycles. The van der Waals surface area contributed by atoms with Crippen molar-refractivity contribution in [1.82, 2.24) is 4.90 Å². The van der Waals surface area contributed by atoms with E-state index in [1.165, 1.54) is 23.8 Å². The monoisotopic (exact) mass is 259 g/mol. The van der Waals surface area contributed by atoms with Crippen LogP contribution in [0.1, 0.15) is 6.42 Å². The average molecular weight is 259 g/mol. The summed E-state index contributed by atoms with van der Waals surface area (Å²) in [5, 5.41) is 8.37. The minimum absolute atomic E-state index is 0.0812. The number of ether oxygens (including phenoxy) is 1. The van der Waals surface area contributed by atoms with E-state index in [0.29, 0.717) is 18.7 Å². The van der Waals surface area contributed by atoms with E-state index in [9.17, 15) is 9.59 Å². The van der Waals surface area contributed by atoms with Crippen molar-refractivity contribution in [2.24, 2.45) is 5.73 Å². The first-order valence-corrected chi connectivity index (χ1v) is 6.20. The molecule has 0 aromatic heterocycles. The van der Waals surface area contributed by atoms with E-state index in [2.05, 4.69) is 4.74 Å². The van der Waals surface area contributed by atoms with Crippen LogP contribution >= 0.6 is 11.8 Å². The summed E-state index contributed by atoms with van der Waals surface area (Å²) in [6, 6.07) is 1.26. The Kier molecular flexibility index (Phi) is 8.19. The molecule has 1 unspecified atom stereocenters. The van der Waals surface area contributed by atoms with Crippen molar-refractivity contribution in [3.63, 3.8) is 0 Å². The molecule has 0 heterocycles. The quantitative estimate of drug-likeness (QED) is 0.624. The number of esters is 1. The summed E-state index contributed by atoms with van der Waals surface area (Å²) in [5.41, 5.74) is 5.51. The molecule has 0 fully saturated rings. The van der Waals surface area contributed by atoms with Gasteiger partial charge in [-0.3, -0.25) is 9.59 Å². The third kappa shape index (κ3) is 6.81. The van der Waals surface area contributed by atoms with E-state index < -0.39 is 12.0 Å². The van der Waals surface area contributed by atoms with Crippen molar-refractivity contribution in [2.45, 2.75) is 12.5 Å². The summed E-state index contributed by atoms with van der Waals surface area (Å²) >= 11 is 1.27. The lowest BCUT2D eigenvalue weighted by Crippen LogP contribution is -2.35. The Balaban J connectivity index is 3.78. The van der Waals surface area contributed by atoms with Crippen molar-refractivity contribution in [3.05, 3.63) is 0 Å². The lowest BCUT2D eigenvalue weighted by molar-refractivity contribution is -0.141. The molecule has 0 spiro atoms. The van der Waals surface area contributed by atoms with E-state index in [-0.39, 0.29) is 11.7 Å². The van der Waals surface area contributed by atoms with Gasteiger partial charge in [-0.1, -0.05) is 0 Å². The maximum atomic E-state index is 11.5. The Morgan fingerprint density at radius 1 is 1.59 bits per heavy atom. The Morgan fingerprint density at radius 3 is 2.76 bits per heavy atom. The summed E-state index contributed by atoms with van der Waals surface area (Å²) in [6.07, 6.45) is 0.314. The first kappa shape index (κ1) is 15.7. The highest BCUT2D eigenvalue weighted by Crippen LogP contribution is 2.04. The summed E-state index contributed by atoms with van der Waals surface area (Å²) in [7, 11) is 2.91. The van der Waals surface area contributed by atoms with Gasteiger partial charge in [0.05, 0.1) is 25.4 Å². The fourth-order valence-corrected chi connectivity index (χ4v) is 1.85. The van der Waals surface area contributed by atoms with Crippen LogP contribution in [0, 0.1) is 11.3 Å². The molecule has 0 aliphatic rings. The van der Waals surface area contributed by atoms with Crippen molar-refractivity contribution < 1.29 is 14.3 Å². The first-order chi connectivity index (χ1) is 8.02. The van der Waals surface area contributed by atoms with E-state index in [0.717, 1.165) is 0 Å². The van der Waals surface area contributed by atoms with Gasteiger partial charge in [0, 0.05) is 19.3 Å². The summed E-state index contributed by atoms with van der Waals surface area (Å²) in [4.78, 5) is 24.0. The predicted octanol–water partition coefficient (Wildman–Crippen LogP) is -0.408. The highest BCUT2D eigenvalue weighted by molar-refractivity contribution is 8.00. The number of hydrogen-bond acceptors (Lipinski definition) is 6. The molecule has 0 aromatic rings. The third-order valence-corrected chi connectivity index (χ3v) is 3.06. The minimum Gasteiger partial charge on any atom is -0.468 e. The molecule has 2 N–H and O–H groups in total. The predicted molar refractivity (Wildman–Crippen MR) is 65.2 cm³/mol. The maximum absolute atomic E-state index is 11.5. The number of nitrogens with two attached hydrogens (primary N) is 1. The second-order valence-corrected chi connectivity index (χ2v) is 4.40. The van der Waals surface area contributed by atoms with Gasteiger partial charge >= 0.3 is 5.97 Å². The van der Waals surface area contributed by atoms with Gasteiger partial charge in [0.15, 0.2) is 0 Å². The minimum atomic E-state index is -0.706. The number of carbonyl (C=O) groups excluding carboxylic acids is 2. The van der Waals surface area contributed by atoms with Crippen molar-refractivity contribution in [2.75, 3.05) is 32.2 Å². The molecule has 1 amide bonds. The van der Waals surface area contributed by atoms with Crippen LogP contribution in [0.5, 0.6) is 0 Å². The zero-order valence-corrected chi connectivity index (χ0v) is 10.8. The van der Waals surface area contributed by atoms with Crippen LogP contribution in [0.3, 0.4) is 0 Å². The highest BCUT2D eigenvalue weighted by Gasteiger charge is 2.15. The first-order valence-electron chi connectivity index (χ1n) is 5.05. The lowest BCUT2D eigenvalue weighted by Gasteiger charge is -2.15. The molecular weight excluding hydrogens is 242 g/mol. The van der Waals surface area contributed by atoms with Gasteiger partial charge in [-0.25, -0.2) is 0 Å². The topological polar surface area (TPSA) is 96.4 Å². The lowest BCUT2D eigenvalue weighted by atomic mass is 10.4. The second-order valence-electron chi connectivity index (χ2n) is 3.37. The molecular formula is C10H17N3O3S. The van der Waals surface area contributed by atoms with Gasteiger partial charge in [-0.15, -0.1) is 11.8 Å². The van der Waals surface area contributed by atoms with Gasteiger partial charge in [0.25, 0.3) is 0 Å². The van der Waals surface area contributed by atoms with E-state index in [1.54, 1.807) is 7.05 Å². The zero-order chi connectivity index (χ0) is 13.3. The molecule has 96 valence electrons. The Morgan fingerprint density at radius 2 is 2.24 bits per heavy atom. The molecule has 0 radical (unpaired) electrons. The summed E-state index contributed by atoms with van der Waals surface area (Å²) < 4.78 is 4.46. The number of carbonyl (C=O) groups is 2. The van der Waals surface area contributed by atoms with Gasteiger partial charge < -0.3 is 15.4 Å². The van der Waals surface area contributed by atoms with Gasteiger partial charge in [-0.2, -0.15) is 5.26 Å². The van der Waals surface area contributed by atoms with E-state index in [4.69, 9.17) is 11.0 Å². The van der Waals surface area contributed by atoms with Crippen molar-refractivity contribution in [1.29, 1.82) is 5.26 Å². The average Bonchev–Trinajstić information content (AvgIpc) is 2.34. The molecule has 0 saturated heterocycles. The standard InChI is InChI=1S/C10H17N3O3S/c1-13(5-3-4-11)9(14)7-17-6-8(12)10(15)16-2/h8H,3,5-7,12H2,1-2H3. The number of thioether (sulfide) groups is 1. The Hall–Kier alpha value is -1.26. The van der Waals surface area contributed by atoms with Crippen LogP contribution in [0.4, 0.5) is 0 Å². The SMILES string of the molecule is COC(=O)C(N)CSCC(=O)N(C)CCC#N. The van der Waals surface area contributed by atoms with E-state index >= 15 is 0 Å². The molecule has 0 aliphatic heterocycles. The molecule has 0 rings (SSSR count). The highest BCUT2D eigenvalue weighted by atomic mass is 32.2. The number of rotatable bonds is 7. The van der Waals surface area contributed by atoms with Crippen molar-refractivity contribution >= 4 is 23.6 Å². The van der Waals surface area contributed by atoms with Crippen LogP contribution in [-0.2, 0) is 14.3 Å². The number of amides is 1. The molecule has 17 heavy (non-hydrogen) atoms. The van der Waals surface area contributed by atoms with Gasteiger partial charge in [0.1, 0.15) is 6.04 Å². The Labute approximate surface area is 105 Å². The fourth-order valence-electron chi connectivity index (χ4n) is 0.945. The van der Waals surface area contributed by atoms with Crippen LogP contribution in [0.15, 0.2) is 0 Å². The molecule has 0 bridgehead atoms. The molecule has 1 atom stereocenters. The largest absolute Gasteiger partial charge is 0.468 e. The number of methoxy groups -OCH3 is 1. The summed E-state index contributed by atoms with van der Waals surface area (Å²) in [5.74, 6) is 0.0158. The molecule has 6 nitrogen and oxygen atoms in total. The smallest absolute Gasteiger partial charge is 0.323 e. The maximum Gasteiger partial charge on any atom is 0.323 e. The molecule has 0 aromatic carbocycles. The van der Waals surface area contributed by atoms with Crippen LogP contribution in [-0.4, -0.2) is 55.0 Å². The van der Waals surface area contributed by atoms with Crippen molar-refractivity contribution in [3.8, 4) is 6.07 Å². The molecule has 0 aliphatic carbocycles. The molecule has 7 heteroatoms. The normalized spacial score (nSPS) is 11.4. The number of hydrogen-bond donors (Lipinski definition) is 1. The van der Waals surface area contributed by atoms with Crippen LogP contribution in [0.2, 0.25) is 0 Å². The van der Waals surface area contributed by atoms with E-state index in [1.807, 2.05) is 6.07 Å². The fraction of sp³-hybridized carbons (Fsp3) is 0.700. The third-order valence-electron chi connectivity index (χ3n) is 2.01. The van der Waals surface area contributed by atoms with Gasteiger partial charge in [-0.05, 0) is 0 Å². The number of nitrogens with zero attached hydrogens (tertiary/aromatic N) is 2. The van der Waals surface area contributed by atoms with Gasteiger partial charge in [0.2, 0.25) is 5.91 Å². The van der Waals surface area contributed by atoms with Crippen LogP contribution < -0.4 is 5.73 Å². The number of nitriles is 1. The Bertz CT molecular complexity index is 304. The van der Waals surface area contributed by atoms with Crippen LogP contribution in [0.25, 0.3) is 0 Å². The summed E-state index contributed by atoms with van der Waals surface area (Å²) in [6.45, 7) is 0.416.